The third kappa shape index (κ3) is 7.09. The Morgan fingerprint density at radius 1 is 0.848 bits per heavy atom. The number of carbonyl (C=O) groups is 1. The van der Waals surface area contributed by atoms with Crippen LogP contribution in [0, 0.1) is 0 Å². The Kier molecular flexibility index (Phi) is 9.04. The van der Waals surface area contributed by atoms with Crippen molar-refractivity contribution in [1.29, 1.82) is 0 Å². The van der Waals surface area contributed by atoms with Crippen LogP contribution in [0.5, 0.6) is 0 Å². The summed E-state index contributed by atoms with van der Waals surface area (Å²) >= 11 is 24.2. The summed E-state index contributed by atoms with van der Waals surface area (Å²) in [6.07, 6.45) is 0.411. The van der Waals surface area contributed by atoms with Gasteiger partial charge in [0.15, 0.2) is 0 Å². The molecule has 1 N–H and O–H groups in total. The summed E-state index contributed by atoms with van der Waals surface area (Å²) in [5, 5.41) is 3.84. The topological polar surface area (TPSA) is 66.5 Å². The van der Waals surface area contributed by atoms with Crippen molar-refractivity contribution in [2.45, 2.75) is 17.9 Å². The second-order valence-corrected chi connectivity index (χ2v) is 10.8. The summed E-state index contributed by atoms with van der Waals surface area (Å²) in [5.74, 6) is -0.490. The maximum Gasteiger partial charge on any atom is 0.245 e. The van der Waals surface area contributed by atoms with Gasteiger partial charge in [0.1, 0.15) is 4.90 Å². The van der Waals surface area contributed by atoms with Crippen LogP contribution in [-0.2, 0) is 27.8 Å². The fraction of sp³-hybridized carbons (Fsp3) is 0.174. The molecule has 0 radical (unpaired) electrons. The van der Waals surface area contributed by atoms with Crippen LogP contribution in [0.15, 0.2) is 71.6 Å². The number of amides is 1. The van der Waals surface area contributed by atoms with Crippen molar-refractivity contribution in [1.82, 2.24) is 9.62 Å². The monoisotopic (exact) mass is 544 g/mol. The number of sulfonamides is 1. The van der Waals surface area contributed by atoms with Gasteiger partial charge in [0.2, 0.25) is 15.9 Å². The van der Waals surface area contributed by atoms with E-state index in [2.05, 4.69) is 5.32 Å². The minimum absolute atomic E-state index is 0.0254. The number of carbonyl (C=O) groups excluding carboxylic acids is 1. The van der Waals surface area contributed by atoms with Crippen LogP contribution in [0.1, 0.15) is 11.1 Å². The van der Waals surface area contributed by atoms with Gasteiger partial charge in [0, 0.05) is 28.2 Å². The molecule has 3 aromatic rings. The van der Waals surface area contributed by atoms with Crippen LogP contribution >= 0.6 is 46.4 Å². The van der Waals surface area contributed by atoms with E-state index in [9.17, 15) is 13.2 Å². The number of nitrogens with zero attached hydrogens (tertiary/aromatic N) is 1. The minimum atomic E-state index is -4.10. The summed E-state index contributed by atoms with van der Waals surface area (Å²) in [6, 6.07) is 18.5. The highest BCUT2D eigenvalue weighted by molar-refractivity contribution is 7.89. The molecule has 10 heteroatoms. The molecule has 0 fully saturated rings. The number of benzene rings is 3. The van der Waals surface area contributed by atoms with E-state index in [1.54, 1.807) is 18.2 Å². The fourth-order valence-electron chi connectivity index (χ4n) is 3.07. The second kappa shape index (κ2) is 11.6. The molecule has 0 aromatic heterocycles. The van der Waals surface area contributed by atoms with Crippen molar-refractivity contribution in [2.75, 3.05) is 13.1 Å². The Balaban J connectivity index is 1.80. The average Bonchev–Trinajstić information content (AvgIpc) is 2.78. The Bertz CT molecular complexity index is 1240. The normalized spacial score (nSPS) is 11.5. The second-order valence-electron chi connectivity index (χ2n) is 7.16. The molecule has 0 spiro atoms. The van der Waals surface area contributed by atoms with E-state index in [1.165, 1.54) is 18.2 Å². The Morgan fingerprint density at radius 2 is 1.52 bits per heavy atom. The van der Waals surface area contributed by atoms with Gasteiger partial charge in [-0.3, -0.25) is 4.79 Å². The molecule has 0 heterocycles. The maximum absolute atomic E-state index is 13.4. The summed E-state index contributed by atoms with van der Waals surface area (Å²) in [5.41, 5.74) is 1.59. The molecule has 0 unspecified atom stereocenters. The van der Waals surface area contributed by atoms with Gasteiger partial charge in [-0.2, -0.15) is 4.31 Å². The number of hydrogen-bond acceptors (Lipinski definition) is 3. The van der Waals surface area contributed by atoms with E-state index in [0.717, 1.165) is 9.87 Å². The van der Waals surface area contributed by atoms with Crippen molar-refractivity contribution in [3.63, 3.8) is 0 Å². The molecule has 0 aliphatic carbocycles. The van der Waals surface area contributed by atoms with Gasteiger partial charge in [0.25, 0.3) is 0 Å². The molecule has 3 aromatic carbocycles. The Morgan fingerprint density at radius 3 is 2.21 bits per heavy atom. The lowest BCUT2D eigenvalue weighted by Crippen LogP contribution is -2.41. The molecule has 0 aliphatic rings. The van der Waals surface area contributed by atoms with Crippen molar-refractivity contribution in [3.8, 4) is 0 Å². The lowest BCUT2D eigenvalue weighted by molar-refractivity contribution is -0.121. The lowest BCUT2D eigenvalue weighted by atomic mass is 10.1. The first-order valence-electron chi connectivity index (χ1n) is 9.86. The van der Waals surface area contributed by atoms with Crippen LogP contribution < -0.4 is 5.32 Å². The van der Waals surface area contributed by atoms with Crippen molar-refractivity contribution >= 4 is 62.3 Å². The van der Waals surface area contributed by atoms with Crippen LogP contribution in [0.3, 0.4) is 0 Å². The SMILES string of the molecule is O=C(CN(CCc1ccccc1)S(=O)(=O)c1cc(Cl)ccc1Cl)NCc1ccc(Cl)cc1Cl. The molecular formula is C23H20Cl4N2O3S. The van der Waals surface area contributed by atoms with E-state index in [4.69, 9.17) is 46.4 Å². The maximum atomic E-state index is 13.4. The standard InChI is InChI=1S/C23H20Cl4N2O3S/c24-18-7-6-17(21(27)12-18)14-28-23(30)15-29(11-10-16-4-2-1-3-5-16)33(31,32)22-13-19(25)8-9-20(22)26/h1-9,12-13H,10-11,14-15H2,(H,28,30). The van der Waals surface area contributed by atoms with E-state index in [-0.39, 0.29) is 28.0 Å². The van der Waals surface area contributed by atoms with Crippen LogP contribution in [-0.4, -0.2) is 31.7 Å². The van der Waals surface area contributed by atoms with Gasteiger partial charge < -0.3 is 5.32 Å². The predicted molar refractivity (Wildman–Crippen MR) is 134 cm³/mol. The molecule has 5 nitrogen and oxygen atoms in total. The Labute approximate surface area is 213 Å². The average molecular weight is 546 g/mol. The van der Waals surface area contributed by atoms with Gasteiger partial charge in [-0.15, -0.1) is 0 Å². The zero-order chi connectivity index (χ0) is 24.0. The first-order valence-corrected chi connectivity index (χ1v) is 12.8. The minimum Gasteiger partial charge on any atom is -0.351 e. The summed E-state index contributed by atoms with van der Waals surface area (Å²) in [7, 11) is -4.10. The van der Waals surface area contributed by atoms with E-state index in [0.29, 0.717) is 22.0 Å². The number of nitrogens with one attached hydrogen (secondary N) is 1. The summed E-state index contributed by atoms with van der Waals surface area (Å²) in [6.45, 7) is -0.202. The van der Waals surface area contributed by atoms with Gasteiger partial charge in [-0.25, -0.2) is 8.42 Å². The predicted octanol–water partition coefficient (Wildman–Crippen LogP) is 5.85. The number of halogens is 4. The summed E-state index contributed by atoms with van der Waals surface area (Å²) < 4.78 is 27.9. The molecule has 1 amide bonds. The quantitative estimate of drug-likeness (QED) is 0.366. The van der Waals surface area contributed by atoms with Gasteiger partial charge in [-0.05, 0) is 47.9 Å². The van der Waals surface area contributed by atoms with E-state index >= 15 is 0 Å². The summed E-state index contributed by atoms with van der Waals surface area (Å²) in [4.78, 5) is 12.5. The molecule has 0 saturated carbocycles. The zero-order valence-corrected chi connectivity index (χ0v) is 21.1. The highest BCUT2D eigenvalue weighted by Crippen LogP contribution is 2.28. The number of hydrogen-bond donors (Lipinski definition) is 1. The molecule has 0 saturated heterocycles. The molecule has 174 valence electrons. The zero-order valence-electron chi connectivity index (χ0n) is 17.3. The largest absolute Gasteiger partial charge is 0.351 e. The van der Waals surface area contributed by atoms with Crippen molar-refractivity contribution < 1.29 is 13.2 Å². The van der Waals surface area contributed by atoms with Crippen LogP contribution in [0.4, 0.5) is 0 Å². The van der Waals surface area contributed by atoms with Gasteiger partial charge in [0.05, 0.1) is 11.6 Å². The molecule has 33 heavy (non-hydrogen) atoms. The molecular weight excluding hydrogens is 526 g/mol. The third-order valence-electron chi connectivity index (χ3n) is 4.81. The molecule has 0 aliphatic heterocycles. The highest BCUT2D eigenvalue weighted by Gasteiger charge is 2.29. The van der Waals surface area contributed by atoms with E-state index in [1.807, 2.05) is 30.3 Å². The molecule has 0 bridgehead atoms. The van der Waals surface area contributed by atoms with Crippen molar-refractivity contribution in [2.24, 2.45) is 0 Å². The molecule has 3 rings (SSSR count). The first kappa shape index (κ1) is 25.8. The number of rotatable bonds is 9. The first-order chi connectivity index (χ1) is 15.7. The fourth-order valence-corrected chi connectivity index (χ4v) is 5.68. The Hall–Kier alpha value is -1.80. The molecule has 0 atom stereocenters. The van der Waals surface area contributed by atoms with E-state index < -0.39 is 22.5 Å². The van der Waals surface area contributed by atoms with Crippen LogP contribution in [0.25, 0.3) is 0 Å². The van der Waals surface area contributed by atoms with Gasteiger partial charge in [-0.1, -0.05) is 82.8 Å². The van der Waals surface area contributed by atoms with Crippen LogP contribution in [0.2, 0.25) is 20.1 Å². The van der Waals surface area contributed by atoms with Crippen molar-refractivity contribution in [3.05, 3.63) is 97.9 Å². The van der Waals surface area contributed by atoms with Gasteiger partial charge >= 0.3 is 0 Å². The lowest BCUT2D eigenvalue weighted by Gasteiger charge is -2.22. The highest BCUT2D eigenvalue weighted by atomic mass is 35.5. The third-order valence-corrected chi connectivity index (χ3v) is 7.96. The smallest absolute Gasteiger partial charge is 0.245 e.